The molecule has 208 valence electrons. The Hall–Kier alpha value is -5.45. The summed E-state index contributed by atoms with van der Waals surface area (Å²) >= 11 is 0. The summed E-state index contributed by atoms with van der Waals surface area (Å²) in [6.07, 6.45) is 3.70. The van der Waals surface area contributed by atoms with Crippen LogP contribution in [0.2, 0.25) is 0 Å². The molecule has 0 fully saturated rings. The van der Waals surface area contributed by atoms with Crippen molar-refractivity contribution in [1.82, 2.24) is 14.5 Å². The lowest BCUT2D eigenvalue weighted by Crippen LogP contribution is -2.30. The first-order valence-electron chi connectivity index (χ1n) is 14.8. The van der Waals surface area contributed by atoms with E-state index in [-0.39, 0.29) is 5.82 Å². The fraction of sp³-hybridized carbons (Fsp3) is 0.0256. The van der Waals surface area contributed by atoms with Crippen LogP contribution in [-0.4, -0.2) is 35.3 Å². The topological polar surface area (TPSA) is 50.9 Å². The molecule has 1 N–H and O–H groups in total. The van der Waals surface area contributed by atoms with Crippen molar-refractivity contribution in [3.8, 4) is 39.1 Å². The van der Waals surface area contributed by atoms with Gasteiger partial charge < -0.3 is 5.11 Å². The quantitative estimate of drug-likeness (QED) is 0.167. The Kier molecular flexibility index (Phi) is 6.40. The molecular formula is C39H25B2N3O. The third-order valence-corrected chi connectivity index (χ3v) is 8.41. The van der Waals surface area contributed by atoms with Gasteiger partial charge in [0.15, 0.2) is 0 Å². The maximum absolute atomic E-state index is 10.6. The van der Waals surface area contributed by atoms with E-state index in [2.05, 4.69) is 101 Å². The van der Waals surface area contributed by atoms with Crippen LogP contribution in [0.1, 0.15) is 5.82 Å². The highest BCUT2D eigenvalue weighted by molar-refractivity contribution is 6.38. The highest BCUT2D eigenvalue weighted by Gasteiger charge is 2.25. The minimum absolute atomic E-state index is 0.171. The van der Waals surface area contributed by atoms with E-state index < -0.39 is 5.40 Å². The van der Waals surface area contributed by atoms with Gasteiger partial charge in [-0.1, -0.05) is 97.1 Å². The van der Waals surface area contributed by atoms with Gasteiger partial charge in [0.25, 0.3) is 0 Å². The van der Waals surface area contributed by atoms with Crippen molar-refractivity contribution in [3.05, 3.63) is 152 Å². The third kappa shape index (κ3) is 4.62. The number of aromatic nitrogens is 3. The average molecular weight is 573 g/mol. The molecule has 0 amide bonds. The van der Waals surface area contributed by atoms with E-state index in [4.69, 9.17) is 15.7 Å². The summed E-state index contributed by atoms with van der Waals surface area (Å²) < 4.78 is 1.81. The van der Waals surface area contributed by atoms with Gasteiger partial charge in [-0.2, -0.15) is 0 Å². The SMILES string of the molecule is [B]C([B])(O)c1nc2ccccc2n1-c1ccc(-c2c3ccccc3c(-c3cccc(-c4cccnc4)c3)c3ccccc23)cc1. The molecule has 45 heavy (non-hydrogen) atoms. The van der Waals surface area contributed by atoms with Crippen molar-refractivity contribution in [1.29, 1.82) is 0 Å². The zero-order valence-electron chi connectivity index (χ0n) is 24.3. The summed E-state index contributed by atoms with van der Waals surface area (Å²) in [6.45, 7) is 0. The largest absolute Gasteiger partial charge is 0.402 e. The fourth-order valence-corrected chi connectivity index (χ4v) is 6.47. The van der Waals surface area contributed by atoms with Gasteiger partial charge in [0.1, 0.15) is 21.5 Å². The Labute approximate surface area is 263 Å². The zero-order chi connectivity index (χ0) is 30.5. The maximum Gasteiger partial charge on any atom is 0.127 e. The number of rotatable bonds is 5. The van der Waals surface area contributed by atoms with E-state index in [1.54, 1.807) is 6.20 Å². The molecule has 4 nitrogen and oxygen atoms in total. The van der Waals surface area contributed by atoms with Crippen LogP contribution in [-0.2, 0) is 5.40 Å². The second-order valence-corrected chi connectivity index (χ2v) is 11.3. The van der Waals surface area contributed by atoms with Gasteiger partial charge in [0.05, 0.1) is 11.0 Å². The highest BCUT2D eigenvalue weighted by Crippen LogP contribution is 2.44. The van der Waals surface area contributed by atoms with Crippen molar-refractivity contribution < 1.29 is 5.11 Å². The van der Waals surface area contributed by atoms with E-state index in [0.717, 1.165) is 49.8 Å². The lowest BCUT2D eigenvalue weighted by atomic mass is 9.65. The van der Waals surface area contributed by atoms with E-state index in [1.165, 1.54) is 16.3 Å². The average Bonchev–Trinajstić information content (AvgIpc) is 3.48. The van der Waals surface area contributed by atoms with Gasteiger partial charge in [0, 0.05) is 29.0 Å². The van der Waals surface area contributed by atoms with Gasteiger partial charge in [-0.15, -0.1) is 0 Å². The van der Waals surface area contributed by atoms with E-state index in [9.17, 15) is 5.11 Å². The molecule has 6 heteroatoms. The van der Waals surface area contributed by atoms with E-state index in [0.29, 0.717) is 5.52 Å². The molecule has 0 saturated carbocycles. The second-order valence-electron chi connectivity index (χ2n) is 11.3. The fourth-order valence-electron chi connectivity index (χ4n) is 6.47. The van der Waals surface area contributed by atoms with Gasteiger partial charge in [0.2, 0.25) is 0 Å². The molecule has 0 atom stereocenters. The second kappa shape index (κ2) is 10.6. The monoisotopic (exact) mass is 573 g/mol. The molecule has 0 bridgehead atoms. The number of aliphatic hydroxyl groups is 1. The zero-order valence-corrected chi connectivity index (χ0v) is 24.3. The van der Waals surface area contributed by atoms with Crippen LogP contribution in [0, 0.1) is 0 Å². The molecule has 2 aromatic heterocycles. The Balaban J connectivity index is 1.33. The summed E-state index contributed by atoms with van der Waals surface area (Å²) in [5, 5.41) is 13.2. The molecule has 0 aliphatic rings. The Bertz CT molecular complexity index is 2300. The van der Waals surface area contributed by atoms with Crippen molar-refractivity contribution >= 4 is 48.3 Å². The Morgan fingerprint density at radius 1 is 0.556 bits per heavy atom. The molecule has 4 radical (unpaired) electrons. The van der Waals surface area contributed by atoms with Gasteiger partial charge in [-0.3, -0.25) is 9.55 Å². The lowest BCUT2D eigenvalue weighted by molar-refractivity contribution is 0.205. The Morgan fingerprint density at radius 2 is 1.13 bits per heavy atom. The van der Waals surface area contributed by atoms with Crippen molar-refractivity contribution in [2.75, 3.05) is 0 Å². The van der Waals surface area contributed by atoms with Crippen LogP contribution < -0.4 is 0 Å². The van der Waals surface area contributed by atoms with Crippen molar-refractivity contribution in [2.24, 2.45) is 0 Å². The minimum atomic E-state index is -2.10. The maximum atomic E-state index is 10.6. The molecular weight excluding hydrogens is 548 g/mol. The van der Waals surface area contributed by atoms with Crippen molar-refractivity contribution in [2.45, 2.75) is 5.40 Å². The summed E-state index contributed by atoms with van der Waals surface area (Å²) in [6, 6.07) is 45.8. The normalized spacial score (nSPS) is 11.8. The summed E-state index contributed by atoms with van der Waals surface area (Å²) in [4.78, 5) is 8.88. The number of benzene rings is 6. The number of nitrogens with zero attached hydrogens (tertiary/aromatic N) is 3. The number of pyridine rings is 1. The standard InChI is InChI=1S/C39H25B2N3O/c40-39(41,45)38-43-34-16-5-6-17-35(34)44(38)29-20-18-25(19-21-29)36-30-12-1-3-14-32(30)37(33-15-4-2-13-31(33)36)27-10-7-9-26(23-27)28-11-8-22-42-24-28/h1-24,45H. The van der Waals surface area contributed by atoms with E-state index in [1.807, 2.05) is 53.2 Å². The first-order valence-corrected chi connectivity index (χ1v) is 14.8. The number of imidazole rings is 1. The van der Waals surface area contributed by atoms with Gasteiger partial charge in [-0.05, 0) is 85.8 Å². The molecule has 2 heterocycles. The molecule has 0 aliphatic heterocycles. The first-order chi connectivity index (χ1) is 22.0. The van der Waals surface area contributed by atoms with Crippen LogP contribution in [0.4, 0.5) is 0 Å². The van der Waals surface area contributed by atoms with Crippen molar-refractivity contribution in [3.63, 3.8) is 0 Å². The number of fused-ring (bicyclic) bond motifs is 3. The van der Waals surface area contributed by atoms with Crippen LogP contribution in [0.15, 0.2) is 146 Å². The van der Waals surface area contributed by atoms with Crippen LogP contribution in [0.3, 0.4) is 0 Å². The predicted molar refractivity (Wildman–Crippen MR) is 186 cm³/mol. The summed E-state index contributed by atoms with van der Waals surface area (Å²) in [5.41, 5.74) is 9.10. The molecule has 0 unspecified atom stereocenters. The lowest BCUT2D eigenvalue weighted by Gasteiger charge is -2.21. The Morgan fingerprint density at radius 3 is 1.76 bits per heavy atom. The molecule has 6 aromatic carbocycles. The first kappa shape index (κ1) is 27.1. The molecule has 0 saturated heterocycles. The third-order valence-electron chi connectivity index (χ3n) is 8.41. The van der Waals surface area contributed by atoms with E-state index >= 15 is 0 Å². The van der Waals surface area contributed by atoms with Gasteiger partial charge >= 0.3 is 0 Å². The van der Waals surface area contributed by atoms with Gasteiger partial charge in [-0.25, -0.2) is 4.98 Å². The predicted octanol–water partition coefficient (Wildman–Crippen LogP) is 8.17. The summed E-state index contributed by atoms with van der Waals surface area (Å²) in [5.74, 6) is 0.171. The highest BCUT2D eigenvalue weighted by atomic mass is 16.3. The molecule has 8 rings (SSSR count). The minimum Gasteiger partial charge on any atom is -0.402 e. The summed E-state index contributed by atoms with van der Waals surface area (Å²) in [7, 11) is 11.9. The molecule has 8 aromatic rings. The number of hydrogen-bond acceptors (Lipinski definition) is 3. The smallest absolute Gasteiger partial charge is 0.127 e. The number of para-hydroxylation sites is 2. The van der Waals surface area contributed by atoms with Crippen LogP contribution in [0.25, 0.3) is 71.6 Å². The molecule has 0 aliphatic carbocycles. The van der Waals surface area contributed by atoms with Crippen LogP contribution >= 0.6 is 0 Å². The van der Waals surface area contributed by atoms with Crippen LogP contribution in [0.5, 0.6) is 0 Å². The number of hydrogen-bond donors (Lipinski definition) is 1. The molecule has 0 spiro atoms.